The van der Waals surface area contributed by atoms with Crippen molar-refractivity contribution in [1.82, 2.24) is 5.32 Å². The van der Waals surface area contributed by atoms with E-state index in [4.69, 9.17) is 16.3 Å². The average molecular weight is 406 g/mol. The molecule has 6 nitrogen and oxygen atoms in total. The van der Waals surface area contributed by atoms with E-state index in [0.717, 1.165) is 18.8 Å². The Bertz CT molecular complexity index is 833. The number of hydrogen-bond donors (Lipinski definition) is 1. The van der Waals surface area contributed by atoms with E-state index in [1.54, 1.807) is 17.0 Å². The molecule has 4 rings (SSSR count). The lowest BCUT2D eigenvalue weighted by Gasteiger charge is -2.19. The highest BCUT2D eigenvalue weighted by molar-refractivity contribution is 7.17. The molecule has 2 aliphatic heterocycles. The highest BCUT2D eigenvalue weighted by Gasteiger charge is 2.32. The van der Waals surface area contributed by atoms with Crippen molar-refractivity contribution in [1.29, 1.82) is 0 Å². The van der Waals surface area contributed by atoms with Gasteiger partial charge in [-0.25, -0.2) is 4.79 Å². The molecule has 0 saturated carbocycles. The van der Waals surface area contributed by atoms with Gasteiger partial charge in [-0.15, -0.1) is 11.3 Å². The second kappa shape index (κ2) is 7.78. The summed E-state index contributed by atoms with van der Waals surface area (Å²) in [5.41, 5.74) is 1.99. The van der Waals surface area contributed by atoms with E-state index in [9.17, 15) is 9.59 Å². The summed E-state index contributed by atoms with van der Waals surface area (Å²) >= 11 is 7.07. The number of benzene rings is 1. The zero-order chi connectivity index (χ0) is 18.8. The minimum atomic E-state index is -0.387. The Morgan fingerprint density at radius 2 is 1.85 bits per heavy atom. The minimum Gasteiger partial charge on any atom is -0.442 e. The van der Waals surface area contributed by atoms with Crippen LogP contribution >= 0.6 is 22.9 Å². The number of thiophene rings is 1. The molecule has 0 unspecified atom stereocenters. The van der Waals surface area contributed by atoms with Gasteiger partial charge in [-0.05, 0) is 49.2 Å². The molecule has 0 bridgehead atoms. The third-order valence-corrected chi connectivity index (χ3v) is 6.02. The largest absolute Gasteiger partial charge is 0.442 e. The van der Waals surface area contributed by atoms with Gasteiger partial charge in [0.25, 0.3) is 5.91 Å². The Hall–Kier alpha value is -2.25. The Morgan fingerprint density at radius 1 is 1.15 bits per heavy atom. The van der Waals surface area contributed by atoms with Gasteiger partial charge in [0.15, 0.2) is 0 Å². The van der Waals surface area contributed by atoms with Crippen molar-refractivity contribution in [2.24, 2.45) is 0 Å². The van der Waals surface area contributed by atoms with E-state index < -0.39 is 0 Å². The molecule has 2 aromatic rings. The third-order valence-electron chi connectivity index (χ3n) is 4.79. The summed E-state index contributed by atoms with van der Waals surface area (Å²) in [6.45, 7) is 2.85. The quantitative estimate of drug-likeness (QED) is 0.822. The number of rotatable bonds is 5. The van der Waals surface area contributed by atoms with E-state index in [-0.39, 0.29) is 24.6 Å². The van der Waals surface area contributed by atoms with Crippen molar-refractivity contribution in [2.45, 2.75) is 18.9 Å². The Balaban J connectivity index is 1.34. The Labute approximate surface area is 166 Å². The lowest BCUT2D eigenvalue weighted by molar-refractivity contribution is 0.0920. The zero-order valence-electron chi connectivity index (χ0n) is 14.7. The molecule has 2 saturated heterocycles. The van der Waals surface area contributed by atoms with Crippen LogP contribution in [0.15, 0.2) is 36.4 Å². The van der Waals surface area contributed by atoms with Crippen LogP contribution in [0, 0.1) is 0 Å². The van der Waals surface area contributed by atoms with Crippen LogP contribution in [0.5, 0.6) is 0 Å². The lowest BCUT2D eigenvalue weighted by Crippen LogP contribution is -2.34. The van der Waals surface area contributed by atoms with Gasteiger partial charge in [0.1, 0.15) is 6.10 Å². The van der Waals surface area contributed by atoms with E-state index >= 15 is 0 Å². The number of cyclic esters (lactones) is 1. The number of nitrogens with one attached hydrogen (secondary N) is 1. The van der Waals surface area contributed by atoms with Gasteiger partial charge in [-0.1, -0.05) is 11.6 Å². The number of carbonyl (C=O) groups is 2. The molecular weight excluding hydrogens is 386 g/mol. The SMILES string of the molecule is O=C(NC[C@H]1CN(c2ccc(N3CCCC3)cc2)C(=O)O1)c1ccc(Cl)s1. The average Bonchev–Trinajstić information content (AvgIpc) is 3.41. The maximum absolute atomic E-state index is 12.2. The van der Waals surface area contributed by atoms with Gasteiger partial charge in [0, 0.05) is 24.5 Å². The molecule has 1 aromatic carbocycles. The first-order valence-electron chi connectivity index (χ1n) is 8.97. The van der Waals surface area contributed by atoms with Crippen molar-refractivity contribution in [2.75, 3.05) is 36.0 Å². The third kappa shape index (κ3) is 4.04. The van der Waals surface area contributed by atoms with Gasteiger partial charge in [0.2, 0.25) is 0 Å². The molecule has 0 radical (unpaired) electrons. The summed E-state index contributed by atoms with van der Waals surface area (Å²) < 4.78 is 5.95. The van der Waals surface area contributed by atoms with E-state index in [0.29, 0.717) is 15.8 Å². The first-order valence-corrected chi connectivity index (χ1v) is 10.2. The normalized spacial score (nSPS) is 19.4. The van der Waals surface area contributed by atoms with Gasteiger partial charge < -0.3 is 15.0 Å². The van der Waals surface area contributed by atoms with Crippen LogP contribution in [0.2, 0.25) is 4.34 Å². The van der Waals surface area contributed by atoms with Gasteiger partial charge in [0.05, 0.1) is 22.3 Å². The molecular formula is C19H20ClN3O3S. The van der Waals surface area contributed by atoms with Crippen LogP contribution in [0.25, 0.3) is 0 Å². The minimum absolute atomic E-state index is 0.212. The molecule has 0 spiro atoms. The molecule has 8 heteroatoms. The number of amides is 2. The predicted molar refractivity (Wildman–Crippen MR) is 107 cm³/mol. The predicted octanol–water partition coefficient (Wildman–Crippen LogP) is 3.76. The molecule has 1 N–H and O–H groups in total. The second-order valence-electron chi connectivity index (χ2n) is 6.64. The van der Waals surface area contributed by atoms with Crippen LogP contribution in [-0.2, 0) is 4.74 Å². The smallest absolute Gasteiger partial charge is 0.414 e. The maximum Gasteiger partial charge on any atom is 0.414 e. The van der Waals surface area contributed by atoms with Gasteiger partial charge in [-0.2, -0.15) is 0 Å². The standard InChI is InChI=1S/C19H20ClN3O3S/c20-17-8-7-16(27-17)18(24)21-11-15-12-23(19(25)26-15)14-5-3-13(4-6-14)22-9-1-2-10-22/h3-8,15H,1-2,9-12H2,(H,21,24)/t15-/m0/s1. The van der Waals surface area contributed by atoms with Crippen LogP contribution in [0.3, 0.4) is 0 Å². The summed E-state index contributed by atoms with van der Waals surface area (Å²) in [4.78, 5) is 28.8. The first-order chi connectivity index (χ1) is 13.1. The Morgan fingerprint density at radius 3 is 2.52 bits per heavy atom. The molecule has 142 valence electrons. The Kier molecular flexibility index (Phi) is 5.22. The first kappa shape index (κ1) is 18.1. The number of nitrogens with zero attached hydrogens (tertiary/aromatic N) is 2. The van der Waals surface area contributed by atoms with E-state index in [1.165, 1.54) is 29.9 Å². The highest BCUT2D eigenvalue weighted by atomic mass is 35.5. The molecule has 27 heavy (non-hydrogen) atoms. The van der Waals surface area contributed by atoms with Crippen LogP contribution in [0.1, 0.15) is 22.5 Å². The summed E-state index contributed by atoms with van der Waals surface area (Å²) in [5.74, 6) is -0.212. The second-order valence-corrected chi connectivity index (χ2v) is 8.36. The van der Waals surface area contributed by atoms with Crippen molar-refractivity contribution < 1.29 is 14.3 Å². The molecule has 3 heterocycles. The molecule has 0 aliphatic carbocycles. The van der Waals surface area contributed by atoms with Crippen LogP contribution < -0.4 is 15.1 Å². The number of carbonyl (C=O) groups excluding carboxylic acids is 2. The number of hydrogen-bond acceptors (Lipinski definition) is 5. The fourth-order valence-electron chi connectivity index (χ4n) is 3.39. The number of ether oxygens (including phenoxy) is 1. The van der Waals surface area contributed by atoms with Crippen molar-refractivity contribution in [3.63, 3.8) is 0 Å². The highest BCUT2D eigenvalue weighted by Crippen LogP contribution is 2.27. The molecule has 2 amide bonds. The number of anilines is 2. The maximum atomic E-state index is 12.2. The fraction of sp³-hybridized carbons (Fsp3) is 0.368. The van der Waals surface area contributed by atoms with E-state index in [1.807, 2.05) is 24.3 Å². The van der Waals surface area contributed by atoms with E-state index in [2.05, 4.69) is 10.2 Å². The fourth-order valence-corrected chi connectivity index (χ4v) is 4.35. The van der Waals surface area contributed by atoms with Crippen LogP contribution in [-0.4, -0.2) is 44.3 Å². The summed E-state index contributed by atoms with van der Waals surface area (Å²) in [5, 5.41) is 2.80. The molecule has 1 aromatic heterocycles. The molecule has 1 atom stereocenters. The van der Waals surface area contributed by atoms with Crippen molar-refractivity contribution >= 4 is 46.3 Å². The topological polar surface area (TPSA) is 61.9 Å². The van der Waals surface area contributed by atoms with Crippen LogP contribution in [0.4, 0.5) is 16.2 Å². The summed E-state index contributed by atoms with van der Waals surface area (Å²) in [6.07, 6.45) is 1.69. The zero-order valence-corrected chi connectivity index (χ0v) is 16.3. The lowest BCUT2D eigenvalue weighted by atomic mass is 10.2. The van der Waals surface area contributed by atoms with Crippen molar-refractivity contribution in [3.05, 3.63) is 45.6 Å². The monoisotopic (exact) mass is 405 g/mol. The number of halogens is 1. The molecule has 2 aliphatic rings. The molecule has 2 fully saturated rings. The van der Waals surface area contributed by atoms with Crippen molar-refractivity contribution in [3.8, 4) is 0 Å². The van der Waals surface area contributed by atoms with Gasteiger partial charge in [-0.3, -0.25) is 9.69 Å². The van der Waals surface area contributed by atoms with Gasteiger partial charge >= 0.3 is 6.09 Å². The summed E-state index contributed by atoms with van der Waals surface area (Å²) in [7, 11) is 0. The summed E-state index contributed by atoms with van der Waals surface area (Å²) in [6, 6.07) is 11.3.